The Hall–Kier alpha value is -3.64. The summed E-state index contributed by atoms with van der Waals surface area (Å²) in [6.07, 6.45) is -0.833. The highest BCUT2D eigenvalue weighted by atomic mass is 16.6. The highest BCUT2D eigenvalue weighted by Gasteiger charge is 2.48. The summed E-state index contributed by atoms with van der Waals surface area (Å²) in [7, 11) is 0. The van der Waals surface area contributed by atoms with Gasteiger partial charge in [0.25, 0.3) is 0 Å². The minimum Gasteiger partial charge on any atom is -0.479 e. The van der Waals surface area contributed by atoms with Crippen LogP contribution in [0.2, 0.25) is 0 Å². The summed E-state index contributed by atoms with van der Waals surface area (Å²) in [6.45, 7) is 0.952. The first-order valence-corrected chi connectivity index (χ1v) is 9.93. The summed E-state index contributed by atoms with van der Waals surface area (Å²) in [5.41, 5.74) is -0.00967. The van der Waals surface area contributed by atoms with Crippen LogP contribution in [0.25, 0.3) is 0 Å². The van der Waals surface area contributed by atoms with Gasteiger partial charge in [-0.25, -0.2) is 9.59 Å². The SMILES string of the molecule is C[C@](C(=O)O)(c1ccccc1)N(C(=O)OCc1ccccc1)[C@@H](CO)c1ccccc1. The van der Waals surface area contributed by atoms with Crippen LogP contribution in [-0.4, -0.2) is 33.8 Å². The van der Waals surface area contributed by atoms with E-state index in [0.29, 0.717) is 11.1 Å². The fourth-order valence-electron chi connectivity index (χ4n) is 3.55. The van der Waals surface area contributed by atoms with Crippen LogP contribution in [0.15, 0.2) is 91.0 Å². The molecule has 2 atom stereocenters. The van der Waals surface area contributed by atoms with E-state index in [2.05, 4.69) is 0 Å². The van der Waals surface area contributed by atoms with Gasteiger partial charge in [0, 0.05) is 0 Å². The zero-order chi connectivity index (χ0) is 22.3. The molecular weight excluding hydrogens is 394 g/mol. The molecule has 0 aliphatic rings. The summed E-state index contributed by atoms with van der Waals surface area (Å²) < 4.78 is 5.52. The number of carbonyl (C=O) groups is 2. The van der Waals surface area contributed by atoms with Gasteiger partial charge in [0.1, 0.15) is 6.61 Å². The maximum atomic E-state index is 13.3. The minimum absolute atomic E-state index is 0.0202. The lowest BCUT2D eigenvalue weighted by Gasteiger charge is -2.42. The molecule has 0 fully saturated rings. The fourth-order valence-corrected chi connectivity index (χ4v) is 3.55. The molecule has 0 unspecified atom stereocenters. The van der Waals surface area contributed by atoms with Gasteiger partial charge in [-0.2, -0.15) is 0 Å². The summed E-state index contributed by atoms with van der Waals surface area (Å²) in [6, 6.07) is 25.5. The van der Waals surface area contributed by atoms with Crippen LogP contribution in [0, 0.1) is 0 Å². The van der Waals surface area contributed by atoms with E-state index in [9.17, 15) is 19.8 Å². The van der Waals surface area contributed by atoms with Crippen molar-refractivity contribution in [2.75, 3.05) is 6.61 Å². The van der Waals surface area contributed by atoms with Crippen molar-refractivity contribution in [1.29, 1.82) is 0 Å². The predicted octanol–water partition coefficient (Wildman–Crippen LogP) is 4.36. The number of hydrogen-bond donors (Lipinski definition) is 2. The number of ether oxygens (including phenoxy) is 1. The lowest BCUT2D eigenvalue weighted by atomic mass is 9.87. The smallest absolute Gasteiger partial charge is 0.411 e. The van der Waals surface area contributed by atoms with E-state index in [1.165, 1.54) is 6.92 Å². The Morgan fingerprint density at radius 1 is 0.903 bits per heavy atom. The third-order valence-electron chi connectivity index (χ3n) is 5.30. The zero-order valence-electron chi connectivity index (χ0n) is 17.2. The Morgan fingerprint density at radius 3 is 1.94 bits per heavy atom. The van der Waals surface area contributed by atoms with E-state index in [0.717, 1.165) is 10.5 Å². The molecule has 0 spiro atoms. The molecule has 6 heteroatoms. The van der Waals surface area contributed by atoms with Gasteiger partial charge in [0.15, 0.2) is 5.54 Å². The Kier molecular flexibility index (Phi) is 7.05. The summed E-state index contributed by atoms with van der Waals surface area (Å²) >= 11 is 0. The number of carboxylic acids is 1. The number of aliphatic hydroxyl groups excluding tert-OH is 1. The van der Waals surface area contributed by atoms with Crippen LogP contribution in [-0.2, 0) is 21.7 Å². The quantitative estimate of drug-likeness (QED) is 0.567. The second-order valence-corrected chi connectivity index (χ2v) is 7.26. The fraction of sp³-hybridized carbons (Fsp3) is 0.200. The lowest BCUT2D eigenvalue weighted by molar-refractivity contribution is -0.152. The van der Waals surface area contributed by atoms with Crippen LogP contribution in [0.4, 0.5) is 4.79 Å². The van der Waals surface area contributed by atoms with Crippen molar-refractivity contribution in [3.8, 4) is 0 Å². The van der Waals surface area contributed by atoms with Crippen molar-refractivity contribution >= 4 is 12.1 Å². The monoisotopic (exact) mass is 419 g/mol. The number of hydrogen-bond acceptors (Lipinski definition) is 4. The molecule has 0 aromatic heterocycles. The molecule has 0 saturated carbocycles. The minimum atomic E-state index is -1.78. The molecule has 0 bridgehead atoms. The largest absolute Gasteiger partial charge is 0.479 e. The molecule has 3 aromatic carbocycles. The van der Waals surface area contributed by atoms with Crippen LogP contribution >= 0.6 is 0 Å². The lowest BCUT2D eigenvalue weighted by Crippen LogP contribution is -2.55. The van der Waals surface area contributed by atoms with Gasteiger partial charge in [0.05, 0.1) is 12.6 Å². The van der Waals surface area contributed by atoms with Crippen LogP contribution < -0.4 is 0 Å². The van der Waals surface area contributed by atoms with Gasteiger partial charge in [-0.05, 0) is 23.6 Å². The van der Waals surface area contributed by atoms with Crippen molar-refractivity contribution in [3.63, 3.8) is 0 Å². The molecule has 2 N–H and O–H groups in total. The molecule has 160 valence electrons. The Bertz CT molecular complexity index is 994. The standard InChI is InChI=1S/C25H25NO5/c1-25(23(28)29,21-15-9-4-10-16-21)26(22(17-27)20-13-7-3-8-14-20)24(30)31-18-19-11-5-2-6-12-19/h2-16,22,27H,17-18H2,1H3,(H,28,29)/t22-,25+/m0/s1. The van der Waals surface area contributed by atoms with Crippen molar-refractivity contribution in [2.24, 2.45) is 0 Å². The first kappa shape index (κ1) is 22.1. The average Bonchev–Trinajstić information content (AvgIpc) is 2.82. The second kappa shape index (κ2) is 9.91. The number of rotatable bonds is 8. The van der Waals surface area contributed by atoms with E-state index < -0.39 is 30.3 Å². The average molecular weight is 419 g/mol. The highest BCUT2D eigenvalue weighted by molar-refractivity contribution is 5.86. The van der Waals surface area contributed by atoms with Crippen LogP contribution in [0.5, 0.6) is 0 Å². The summed E-state index contributed by atoms with van der Waals surface area (Å²) in [4.78, 5) is 27.0. The molecule has 3 rings (SSSR count). The maximum Gasteiger partial charge on any atom is 0.411 e. The highest BCUT2D eigenvalue weighted by Crippen LogP contribution is 2.37. The molecule has 3 aromatic rings. The second-order valence-electron chi connectivity index (χ2n) is 7.26. The number of aliphatic hydroxyl groups is 1. The molecular formula is C25H25NO5. The Labute approximate surface area is 181 Å². The van der Waals surface area contributed by atoms with Gasteiger partial charge in [-0.1, -0.05) is 91.0 Å². The number of nitrogens with zero attached hydrogens (tertiary/aromatic N) is 1. The van der Waals surface area contributed by atoms with Crippen molar-refractivity contribution in [2.45, 2.75) is 25.1 Å². The molecule has 0 heterocycles. The van der Waals surface area contributed by atoms with Gasteiger partial charge in [-0.3, -0.25) is 4.90 Å². The molecule has 31 heavy (non-hydrogen) atoms. The normalized spacial score (nSPS) is 13.6. The third-order valence-corrected chi connectivity index (χ3v) is 5.30. The van der Waals surface area contributed by atoms with Gasteiger partial charge in [-0.15, -0.1) is 0 Å². The van der Waals surface area contributed by atoms with Crippen molar-refractivity contribution in [1.82, 2.24) is 4.90 Å². The zero-order valence-corrected chi connectivity index (χ0v) is 17.2. The Balaban J connectivity index is 2.06. The van der Waals surface area contributed by atoms with Gasteiger partial charge in [0.2, 0.25) is 0 Å². The number of benzene rings is 3. The number of carbonyl (C=O) groups excluding carboxylic acids is 1. The maximum absolute atomic E-state index is 13.3. The van der Waals surface area contributed by atoms with E-state index in [1.54, 1.807) is 54.6 Å². The molecule has 0 saturated heterocycles. The van der Waals surface area contributed by atoms with Gasteiger partial charge >= 0.3 is 12.1 Å². The molecule has 1 amide bonds. The van der Waals surface area contributed by atoms with E-state index in [1.807, 2.05) is 36.4 Å². The topological polar surface area (TPSA) is 87.1 Å². The number of amides is 1. The number of carboxylic acid groups (broad SMARTS) is 1. The van der Waals surface area contributed by atoms with Crippen LogP contribution in [0.1, 0.15) is 29.7 Å². The molecule has 0 radical (unpaired) electrons. The molecule has 6 nitrogen and oxygen atoms in total. The summed E-state index contributed by atoms with van der Waals surface area (Å²) in [5, 5.41) is 20.5. The number of aliphatic carboxylic acids is 1. The van der Waals surface area contributed by atoms with Crippen LogP contribution in [0.3, 0.4) is 0 Å². The molecule has 0 aliphatic carbocycles. The van der Waals surface area contributed by atoms with E-state index >= 15 is 0 Å². The Morgan fingerprint density at radius 2 is 1.42 bits per heavy atom. The third kappa shape index (κ3) is 4.75. The first-order valence-electron chi connectivity index (χ1n) is 9.93. The van der Waals surface area contributed by atoms with Crippen molar-refractivity contribution in [3.05, 3.63) is 108 Å². The van der Waals surface area contributed by atoms with Gasteiger partial charge < -0.3 is 14.9 Å². The van der Waals surface area contributed by atoms with E-state index in [-0.39, 0.29) is 6.61 Å². The van der Waals surface area contributed by atoms with Crippen molar-refractivity contribution < 1.29 is 24.5 Å². The predicted molar refractivity (Wildman–Crippen MR) is 116 cm³/mol. The molecule has 0 aliphatic heterocycles. The van der Waals surface area contributed by atoms with E-state index in [4.69, 9.17) is 4.74 Å². The summed E-state index contributed by atoms with van der Waals surface area (Å²) in [5.74, 6) is -1.23. The first-order chi connectivity index (χ1) is 15.0.